The highest BCUT2D eigenvalue weighted by molar-refractivity contribution is 8.17. The first-order valence-electron chi connectivity index (χ1n) is 4.19. The van der Waals surface area contributed by atoms with Crippen LogP contribution in [-0.2, 0) is 0 Å². The van der Waals surface area contributed by atoms with Gasteiger partial charge >= 0.3 is 0 Å². The van der Waals surface area contributed by atoms with Crippen molar-refractivity contribution in [3.8, 4) is 0 Å². The second-order valence-electron chi connectivity index (χ2n) is 2.35. The Morgan fingerprint density at radius 1 is 1.09 bits per heavy atom. The van der Waals surface area contributed by atoms with Gasteiger partial charge in [-0.05, 0) is 24.3 Å². The standard InChI is InChI=1S/C8H18OS2/c1-3-5-10-8(7-9)11-6-4-2/h8-9H,3-7H2,1-2H3. The van der Waals surface area contributed by atoms with E-state index in [9.17, 15) is 0 Å². The molecule has 1 N–H and O–H groups in total. The fourth-order valence-electron chi connectivity index (χ4n) is 0.652. The average Bonchev–Trinajstić information content (AvgIpc) is 2.05. The first-order chi connectivity index (χ1) is 5.35. The fraction of sp³-hybridized carbons (Fsp3) is 1.00. The fourth-order valence-corrected chi connectivity index (χ4v) is 2.82. The number of rotatable bonds is 7. The molecule has 3 heteroatoms. The molecule has 0 rings (SSSR count). The van der Waals surface area contributed by atoms with Gasteiger partial charge in [0, 0.05) is 0 Å². The summed E-state index contributed by atoms with van der Waals surface area (Å²) in [6.45, 7) is 4.66. The Morgan fingerprint density at radius 3 is 1.82 bits per heavy atom. The molecule has 0 aliphatic carbocycles. The van der Waals surface area contributed by atoms with Gasteiger partial charge in [0.1, 0.15) is 0 Å². The Balaban J connectivity index is 3.25. The molecule has 0 unspecified atom stereocenters. The van der Waals surface area contributed by atoms with Crippen LogP contribution in [0.5, 0.6) is 0 Å². The summed E-state index contributed by atoms with van der Waals surface area (Å²) in [5.41, 5.74) is 0. The number of hydrogen-bond donors (Lipinski definition) is 1. The number of aliphatic hydroxyl groups excluding tert-OH is 1. The summed E-state index contributed by atoms with van der Waals surface area (Å²) in [5.74, 6) is 2.34. The van der Waals surface area contributed by atoms with Crippen LogP contribution < -0.4 is 0 Å². The van der Waals surface area contributed by atoms with Crippen molar-refractivity contribution in [2.24, 2.45) is 0 Å². The summed E-state index contributed by atoms with van der Waals surface area (Å²) in [7, 11) is 0. The average molecular weight is 194 g/mol. The molecule has 0 aromatic rings. The summed E-state index contributed by atoms with van der Waals surface area (Å²) < 4.78 is 0.412. The molecule has 0 bridgehead atoms. The number of thioether (sulfide) groups is 2. The second-order valence-corrected chi connectivity index (χ2v) is 5.27. The van der Waals surface area contributed by atoms with Crippen LogP contribution in [0.15, 0.2) is 0 Å². The van der Waals surface area contributed by atoms with Gasteiger partial charge in [-0.2, -0.15) is 0 Å². The highest BCUT2D eigenvalue weighted by Gasteiger charge is 2.05. The van der Waals surface area contributed by atoms with Crippen LogP contribution in [0, 0.1) is 0 Å². The Hall–Kier alpha value is 0.660. The van der Waals surface area contributed by atoms with Crippen LogP contribution in [0.2, 0.25) is 0 Å². The maximum absolute atomic E-state index is 8.94. The van der Waals surface area contributed by atoms with E-state index in [2.05, 4.69) is 13.8 Å². The lowest BCUT2D eigenvalue weighted by molar-refractivity contribution is 0.315. The van der Waals surface area contributed by atoms with Crippen molar-refractivity contribution in [2.75, 3.05) is 18.1 Å². The Kier molecular flexibility index (Phi) is 9.28. The molecule has 0 heterocycles. The smallest absolute Gasteiger partial charge is 0.0732 e. The van der Waals surface area contributed by atoms with Gasteiger partial charge < -0.3 is 5.11 Å². The van der Waals surface area contributed by atoms with Crippen LogP contribution >= 0.6 is 23.5 Å². The van der Waals surface area contributed by atoms with Gasteiger partial charge in [-0.3, -0.25) is 0 Å². The first-order valence-corrected chi connectivity index (χ1v) is 6.28. The third-order valence-electron chi connectivity index (χ3n) is 1.16. The predicted octanol–water partition coefficient (Wildman–Crippen LogP) is 2.59. The lowest BCUT2D eigenvalue weighted by Crippen LogP contribution is -2.04. The van der Waals surface area contributed by atoms with Crippen molar-refractivity contribution in [3.63, 3.8) is 0 Å². The van der Waals surface area contributed by atoms with Crippen LogP contribution in [0.25, 0.3) is 0 Å². The predicted molar refractivity (Wildman–Crippen MR) is 56.4 cm³/mol. The minimum absolute atomic E-state index is 0.315. The van der Waals surface area contributed by atoms with E-state index >= 15 is 0 Å². The maximum atomic E-state index is 8.94. The van der Waals surface area contributed by atoms with Crippen LogP contribution in [0.4, 0.5) is 0 Å². The zero-order valence-electron chi connectivity index (χ0n) is 7.38. The van der Waals surface area contributed by atoms with Gasteiger partial charge in [-0.25, -0.2) is 0 Å². The third-order valence-corrected chi connectivity index (χ3v) is 4.31. The molecule has 0 fully saturated rings. The minimum atomic E-state index is 0.315. The summed E-state index contributed by atoms with van der Waals surface area (Å²) in [6, 6.07) is 0. The Bertz CT molecular complexity index is 70.5. The molecule has 1 nitrogen and oxygen atoms in total. The van der Waals surface area contributed by atoms with Gasteiger partial charge in [0.05, 0.1) is 11.2 Å². The largest absolute Gasteiger partial charge is 0.394 e. The quantitative estimate of drug-likeness (QED) is 0.629. The molecule has 0 aromatic carbocycles. The van der Waals surface area contributed by atoms with E-state index in [1.54, 1.807) is 0 Å². The van der Waals surface area contributed by atoms with E-state index in [1.807, 2.05) is 23.5 Å². The molecule has 0 saturated carbocycles. The molecule has 0 radical (unpaired) electrons. The van der Waals surface area contributed by atoms with Crippen molar-refractivity contribution in [2.45, 2.75) is 31.3 Å². The van der Waals surface area contributed by atoms with E-state index in [4.69, 9.17) is 5.11 Å². The highest BCUT2D eigenvalue weighted by atomic mass is 32.2. The van der Waals surface area contributed by atoms with E-state index in [0.29, 0.717) is 11.2 Å². The second kappa shape index (κ2) is 8.75. The summed E-state index contributed by atoms with van der Waals surface area (Å²) in [6.07, 6.45) is 2.40. The zero-order chi connectivity index (χ0) is 8.53. The van der Waals surface area contributed by atoms with E-state index in [0.717, 1.165) is 0 Å². The zero-order valence-corrected chi connectivity index (χ0v) is 9.01. The summed E-state index contributed by atoms with van der Waals surface area (Å²) in [5, 5.41) is 8.94. The molecule has 0 saturated heterocycles. The van der Waals surface area contributed by atoms with Gasteiger partial charge in [0.15, 0.2) is 0 Å². The molecule has 0 aromatic heterocycles. The van der Waals surface area contributed by atoms with Crippen LogP contribution in [0.3, 0.4) is 0 Å². The SMILES string of the molecule is CCCSC(CO)SCCC. The van der Waals surface area contributed by atoms with Gasteiger partial charge in [0.2, 0.25) is 0 Å². The van der Waals surface area contributed by atoms with E-state index in [-0.39, 0.29) is 0 Å². The topological polar surface area (TPSA) is 20.2 Å². The maximum Gasteiger partial charge on any atom is 0.0732 e. The molecule has 0 amide bonds. The molecule has 0 aliphatic heterocycles. The molecule has 0 atom stereocenters. The Morgan fingerprint density at radius 2 is 1.55 bits per heavy atom. The lowest BCUT2D eigenvalue weighted by Gasteiger charge is -2.11. The monoisotopic (exact) mass is 194 g/mol. The number of hydrogen-bond acceptors (Lipinski definition) is 3. The molecular weight excluding hydrogens is 176 g/mol. The highest BCUT2D eigenvalue weighted by Crippen LogP contribution is 2.23. The third kappa shape index (κ3) is 7.04. The van der Waals surface area contributed by atoms with Crippen molar-refractivity contribution >= 4 is 23.5 Å². The van der Waals surface area contributed by atoms with Crippen LogP contribution in [-0.4, -0.2) is 27.8 Å². The molecular formula is C8H18OS2. The summed E-state index contributed by atoms with van der Waals surface area (Å²) in [4.78, 5) is 0. The van der Waals surface area contributed by atoms with Crippen molar-refractivity contribution < 1.29 is 5.11 Å². The minimum Gasteiger partial charge on any atom is -0.394 e. The van der Waals surface area contributed by atoms with Gasteiger partial charge in [0.25, 0.3) is 0 Å². The molecule has 68 valence electrons. The van der Waals surface area contributed by atoms with Crippen molar-refractivity contribution in [3.05, 3.63) is 0 Å². The first kappa shape index (κ1) is 11.7. The lowest BCUT2D eigenvalue weighted by atomic mass is 10.6. The van der Waals surface area contributed by atoms with Gasteiger partial charge in [-0.1, -0.05) is 13.8 Å². The van der Waals surface area contributed by atoms with Gasteiger partial charge in [-0.15, -0.1) is 23.5 Å². The van der Waals surface area contributed by atoms with E-state index in [1.165, 1.54) is 24.3 Å². The molecule has 0 aliphatic rings. The van der Waals surface area contributed by atoms with E-state index < -0.39 is 0 Å². The van der Waals surface area contributed by atoms with Crippen molar-refractivity contribution in [1.82, 2.24) is 0 Å². The van der Waals surface area contributed by atoms with Crippen molar-refractivity contribution in [1.29, 1.82) is 0 Å². The Labute approximate surface area is 78.3 Å². The van der Waals surface area contributed by atoms with Crippen LogP contribution in [0.1, 0.15) is 26.7 Å². The molecule has 0 spiro atoms. The number of aliphatic hydroxyl groups is 1. The molecule has 11 heavy (non-hydrogen) atoms. The normalized spacial score (nSPS) is 10.9. The summed E-state index contributed by atoms with van der Waals surface area (Å²) >= 11 is 3.75.